The summed E-state index contributed by atoms with van der Waals surface area (Å²) in [6, 6.07) is 0. The second-order valence-electron chi connectivity index (χ2n) is 12.1. The topological polar surface area (TPSA) is 76.0 Å². The number of ether oxygens (including phenoxy) is 2. The number of fused-ring (bicyclic) bond motifs is 2. The van der Waals surface area contributed by atoms with E-state index in [-0.39, 0.29) is 41.7 Å². The lowest BCUT2D eigenvalue weighted by Gasteiger charge is -2.55. The normalized spacial score (nSPS) is 47.4. The van der Waals surface area contributed by atoms with Crippen LogP contribution in [0.3, 0.4) is 0 Å². The molecule has 1 saturated carbocycles. The van der Waals surface area contributed by atoms with Crippen molar-refractivity contribution < 1.29 is 24.5 Å². The molecular formula is C28H46O5. The van der Waals surface area contributed by atoms with Gasteiger partial charge in [-0.15, -0.1) is 0 Å². The molecule has 4 aliphatic rings. The van der Waals surface area contributed by atoms with Gasteiger partial charge in [-0.2, -0.15) is 0 Å². The van der Waals surface area contributed by atoms with E-state index in [0.29, 0.717) is 25.9 Å². The summed E-state index contributed by atoms with van der Waals surface area (Å²) in [5.41, 5.74) is -2.58. The molecule has 4 fully saturated rings. The fraction of sp³-hybridized carbons (Fsp3) is 0.893. The molecule has 3 saturated heterocycles. The highest BCUT2D eigenvalue weighted by molar-refractivity contribution is 5.88. The lowest BCUT2D eigenvalue weighted by Crippen LogP contribution is -2.69. The van der Waals surface area contributed by atoms with E-state index in [1.54, 1.807) is 6.92 Å². The number of rotatable bonds is 7. The first-order valence-corrected chi connectivity index (χ1v) is 13.5. The maximum absolute atomic E-state index is 13.5. The average Bonchev–Trinajstić information content (AvgIpc) is 3.13. The van der Waals surface area contributed by atoms with Crippen molar-refractivity contribution in [2.45, 2.75) is 127 Å². The highest BCUT2D eigenvalue weighted by atomic mass is 16.6. The molecule has 3 heterocycles. The van der Waals surface area contributed by atoms with Crippen molar-refractivity contribution in [2.75, 3.05) is 6.61 Å². The standard InChI is InChI=1S/C28H46O5/c1-6-7-8-9-10-13-22(29)28(31)16-20-19(3)17-32-26(4)14-11-12-18(2)15-21-24(27(28,5)30)23(20)25(26)33-21/h19-21,23-25,30-31H,2,6-17H2,1,3-5H3. The van der Waals surface area contributed by atoms with Gasteiger partial charge in [0, 0.05) is 12.3 Å². The number of carbonyl (C=O) groups is 1. The van der Waals surface area contributed by atoms with E-state index in [0.717, 1.165) is 50.5 Å². The first-order valence-electron chi connectivity index (χ1n) is 13.5. The summed E-state index contributed by atoms with van der Waals surface area (Å²) < 4.78 is 13.3. The quantitative estimate of drug-likeness (QED) is 0.412. The van der Waals surface area contributed by atoms with Crippen molar-refractivity contribution in [1.82, 2.24) is 0 Å². The van der Waals surface area contributed by atoms with Crippen LogP contribution in [0.25, 0.3) is 0 Å². The van der Waals surface area contributed by atoms with E-state index < -0.39 is 16.8 Å². The summed E-state index contributed by atoms with van der Waals surface area (Å²) in [7, 11) is 0. The highest BCUT2D eigenvalue weighted by Crippen LogP contribution is 2.61. The Kier molecular flexibility index (Phi) is 7.20. The van der Waals surface area contributed by atoms with Gasteiger partial charge >= 0.3 is 0 Å². The summed E-state index contributed by atoms with van der Waals surface area (Å²) in [5.74, 6) is -0.178. The molecule has 0 amide bonds. The molecule has 5 nitrogen and oxygen atoms in total. The third kappa shape index (κ3) is 4.26. The second-order valence-corrected chi connectivity index (χ2v) is 12.1. The lowest BCUT2D eigenvalue weighted by atomic mass is 9.52. The molecule has 2 N–H and O–H groups in total. The molecule has 4 rings (SSSR count). The van der Waals surface area contributed by atoms with Crippen LogP contribution >= 0.6 is 0 Å². The summed E-state index contributed by atoms with van der Waals surface area (Å²) in [6.45, 7) is 13.1. The van der Waals surface area contributed by atoms with Gasteiger partial charge in [0.15, 0.2) is 11.4 Å². The molecule has 5 heteroatoms. The molecule has 0 aromatic heterocycles. The number of Topliss-reactive ketones (excluding diaryl/α,β-unsaturated/α-hetero) is 1. The summed E-state index contributed by atoms with van der Waals surface area (Å²) >= 11 is 0. The maximum Gasteiger partial charge on any atom is 0.167 e. The fourth-order valence-corrected chi connectivity index (χ4v) is 7.60. The smallest absolute Gasteiger partial charge is 0.167 e. The Hall–Kier alpha value is -0.750. The van der Waals surface area contributed by atoms with Crippen LogP contribution in [0.2, 0.25) is 0 Å². The first-order chi connectivity index (χ1) is 15.5. The molecule has 2 bridgehead atoms. The molecule has 0 radical (unpaired) electrons. The predicted octanol–water partition coefficient (Wildman–Crippen LogP) is 4.97. The lowest BCUT2D eigenvalue weighted by molar-refractivity contribution is -0.221. The minimum atomic E-state index is -1.75. The third-order valence-corrected chi connectivity index (χ3v) is 9.67. The highest BCUT2D eigenvalue weighted by Gasteiger charge is 2.71. The number of aliphatic hydroxyl groups is 2. The van der Waals surface area contributed by atoms with Gasteiger partial charge in [0.25, 0.3) is 0 Å². The van der Waals surface area contributed by atoms with Crippen molar-refractivity contribution in [1.29, 1.82) is 0 Å². The number of carbonyl (C=O) groups excluding carboxylic acids is 1. The van der Waals surface area contributed by atoms with E-state index in [4.69, 9.17) is 9.47 Å². The number of ketones is 1. The van der Waals surface area contributed by atoms with Crippen LogP contribution in [-0.4, -0.2) is 51.6 Å². The molecule has 1 aliphatic carbocycles. The Balaban J connectivity index is 1.68. The Labute approximate surface area is 200 Å². The van der Waals surface area contributed by atoms with Crippen molar-refractivity contribution in [3.05, 3.63) is 12.2 Å². The molecule has 3 aliphatic heterocycles. The molecule has 188 valence electrons. The van der Waals surface area contributed by atoms with Gasteiger partial charge in [-0.3, -0.25) is 4.79 Å². The molecule has 9 atom stereocenters. The maximum atomic E-state index is 13.5. The third-order valence-electron chi connectivity index (χ3n) is 9.67. The van der Waals surface area contributed by atoms with Crippen LogP contribution < -0.4 is 0 Å². The Bertz CT molecular complexity index is 747. The van der Waals surface area contributed by atoms with Crippen molar-refractivity contribution in [2.24, 2.45) is 23.7 Å². The van der Waals surface area contributed by atoms with E-state index in [1.807, 2.05) is 0 Å². The molecule has 0 spiro atoms. The van der Waals surface area contributed by atoms with E-state index in [1.165, 1.54) is 6.42 Å². The largest absolute Gasteiger partial charge is 0.386 e. The van der Waals surface area contributed by atoms with E-state index in [2.05, 4.69) is 27.4 Å². The average molecular weight is 463 g/mol. The van der Waals surface area contributed by atoms with Crippen LogP contribution in [0.1, 0.15) is 98.3 Å². The van der Waals surface area contributed by atoms with Crippen molar-refractivity contribution in [3.63, 3.8) is 0 Å². The van der Waals surface area contributed by atoms with Crippen molar-refractivity contribution in [3.8, 4) is 0 Å². The van der Waals surface area contributed by atoms with Crippen LogP contribution in [-0.2, 0) is 14.3 Å². The summed E-state index contributed by atoms with van der Waals surface area (Å²) in [4.78, 5) is 13.5. The zero-order chi connectivity index (χ0) is 24.0. The molecular weight excluding hydrogens is 416 g/mol. The van der Waals surface area contributed by atoms with Gasteiger partial charge in [-0.1, -0.05) is 51.7 Å². The summed E-state index contributed by atoms with van der Waals surface area (Å²) in [6.07, 6.45) is 8.95. The minimum Gasteiger partial charge on any atom is -0.386 e. The molecule has 0 aromatic rings. The van der Waals surface area contributed by atoms with E-state index >= 15 is 0 Å². The molecule has 9 unspecified atom stereocenters. The SMILES string of the molecule is C=C1CCCC2(C)OCC(C)C3CC(O)(C(=O)CCCCCCC)C(C)(O)C4C(C1)OC2C34. The fourth-order valence-electron chi connectivity index (χ4n) is 7.60. The van der Waals surface area contributed by atoms with Gasteiger partial charge in [0.05, 0.1) is 24.4 Å². The van der Waals surface area contributed by atoms with Gasteiger partial charge in [-0.05, 0) is 70.1 Å². The van der Waals surface area contributed by atoms with Gasteiger partial charge in [0.1, 0.15) is 5.60 Å². The zero-order valence-electron chi connectivity index (χ0n) is 21.3. The summed E-state index contributed by atoms with van der Waals surface area (Å²) in [5, 5.41) is 24.0. The first kappa shape index (κ1) is 25.3. The van der Waals surface area contributed by atoms with Crippen LogP contribution in [0.15, 0.2) is 12.2 Å². The molecule has 33 heavy (non-hydrogen) atoms. The Morgan fingerprint density at radius 1 is 1.18 bits per heavy atom. The van der Waals surface area contributed by atoms with Crippen LogP contribution in [0, 0.1) is 23.7 Å². The number of hydrogen-bond donors (Lipinski definition) is 2. The second kappa shape index (κ2) is 9.37. The predicted molar refractivity (Wildman–Crippen MR) is 129 cm³/mol. The van der Waals surface area contributed by atoms with Gasteiger partial charge in [0.2, 0.25) is 0 Å². The Morgan fingerprint density at radius 3 is 2.64 bits per heavy atom. The van der Waals surface area contributed by atoms with Gasteiger partial charge in [-0.25, -0.2) is 0 Å². The number of unbranched alkanes of at least 4 members (excludes halogenated alkanes) is 4. The van der Waals surface area contributed by atoms with E-state index in [9.17, 15) is 15.0 Å². The van der Waals surface area contributed by atoms with Gasteiger partial charge < -0.3 is 19.7 Å². The van der Waals surface area contributed by atoms with Crippen LogP contribution in [0.5, 0.6) is 0 Å². The molecule has 0 aromatic carbocycles. The zero-order valence-corrected chi connectivity index (χ0v) is 21.3. The number of hydrogen-bond acceptors (Lipinski definition) is 5. The Morgan fingerprint density at radius 2 is 1.91 bits per heavy atom. The minimum absolute atomic E-state index is 0.0658. The van der Waals surface area contributed by atoms with Crippen LogP contribution in [0.4, 0.5) is 0 Å². The van der Waals surface area contributed by atoms with Crippen molar-refractivity contribution >= 4 is 5.78 Å². The monoisotopic (exact) mass is 462 g/mol.